The third-order valence-corrected chi connectivity index (χ3v) is 3.91. The molecule has 0 amide bonds. The van der Waals surface area contributed by atoms with Crippen LogP contribution in [0, 0.1) is 5.92 Å². The molecule has 22 heavy (non-hydrogen) atoms. The van der Waals surface area contributed by atoms with Gasteiger partial charge in [0.25, 0.3) is 0 Å². The predicted molar refractivity (Wildman–Crippen MR) is 89.9 cm³/mol. The Balaban J connectivity index is 1.69. The molecule has 1 fully saturated rings. The molecule has 0 unspecified atom stereocenters. The summed E-state index contributed by atoms with van der Waals surface area (Å²) < 4.78 is 11.1. The number of benzene rings is 1. The quantitative estimate of drug-likeness (QED) is 0.644. The average molecular weight is 326 g/mol. The fraction of sp³-hybridized carbons (Fsp3) is 0.562. The van der Waals surface area contributed by atoms with Gasteiger partial charge in [-0.2, -0.15) is 0 Å². The Morgan fingerprint density at radius 2 is 2.23 bits per heavy atom. The molecule has 1 atom stereocenters. The molecule has 1 aliphatic heterocycles. The number of nitrogens with zero attached hydrogens (tertiary/aromatic N) is 2. The fourth-order valence-electron chi connectivity index (χ4n) is 2.30. The largest absolute Gasteiger partial charge is 0.492 e. The molecule has 0 saturated carbocycles. The highest BCUT2D eigenvalue weighted by Crippen LogP contribution is 2.15. The van der Waals surface area contributed by atoms with E-state index in [0.717, 1.165) is 44.4 Å². The maximum absolute atomic E-state index is 5.85. The molecule has 6 heteroatoms. The molecular formula is C16H24ClN3O2. The number of hydrogen-bond acceptors (Lipinski definition) is 3. The topological polar surface area (TPSA) is 46.1 Å². The van der Waals surface area contributed by atoms with Gasteiger partial charge in [-0.05, 0) is 30.7 Å². The zero-order valence-corrected chi connectivity index (χ0v) is 14.0. The van der Waals surface area contributed by atoms with Crippen molar-refractivity contribution >= 4 is 17.6 Å². The summed E-state index contributed by atoms with van der Waals surface area (Å²) in [5.41, 5.74) is 0. The van der Waals surface area contributed by atoms with Crippen LogP contribution in [0.1, 0.15) is 6.42 Å². The van der Waals surface area contributed by atoms with Crippen molar-refractivity contribution in [1.29, 1.82) is 0 Å². The lowest BCUT2D eigenvalue weighted by Crippen LogP contribution is -2.42. The summed E-state index contributed by atoms with van der Waals surface area (Å²) in [5.74, 6) is 2.28. The molecule has 1 aliphatic rings. The van der Waals surface area contributed by atoms with Crippen LogP contribution in [0.2, 0.25) is 5.02 Å². The molecule has 0 aliphatic carbocycles. The molecular weight excluding hydrogens is 302 g/mol. The van der Waals surface area contributed by atoms with Crippen LogP contribution in [0.15, 0.2) is 29.3 Å². The number of hydrogen-bond donors (Lipinski definition) is 1. The highest BCUT2D eigenvalue weighted by atomic mass is 35.5. The third kappa shape index (κ3) is 5.39. The van der Waals surface area contributed by atoms with Gasteiger partial charge in [-0.1, -0.05) is 11.6 Å². The van der Waals surface area contributed by atoms with Gasteiger partial charge < -0.3 is 19.7 Å². The van der Waals surface area contributed by atoms with Crippen molar-refractivity contribution in [2.24, 2.45) is 10.9 Å². The van der Waals surface area contributed by atoms with Gasteiger partial charge in [-0.15, -0.1) is 0 Å². The van der Waals surface area contributed by atoms with E-state index in [0.29, 0.717) is 17.5 Å². The van der Waals surface area contributed by atoms with E-state index in [9.17, 15) is 0 Å². The van der Waals surface area contributed by atoms with Gasteiger partial charge in [0.1, 0.15) is 12.4 Å². The smallest absolute Gasteiger partial charge is 0.193 e. The van der Waals surface area contributed by atoms with E-state index >= 15 is 0 Å². The summed E-state index contributed by atoms with van der Waals surface area (Å²) in [4.78, 5) is 6.37. The summed E-state index contributed by atoms with van der Waals surface area (Å²) in [6.07, 6.45) is 1.12. The molecule has 0 radical (unpaired) electrons. The maximum Gasteiger partial charge on any atom is 0.193 e. The zero-order valence-electron chi connectivity index (χ0n) is 13.2. The second-order valence-corrected chi connectivity index (χ2v) is 5.82. The van der Waals surface area contributed by atoms with Crippen LogP contribution in [0.3, 0.4) is 0 Å². The van der Waals surface area contributed by atoms with Crippen molar-refractivity contribution in [1.82, 2.24) is 10.2 Å². The molecule has 0 bridgehead atoms. The van der Waals surface area contributed by atoms with Gasteiger partial charge in [0.15, 0.2) is 5.96 Å². The molecule has 1 heterocycles. The maximum atomic E-state index is 5.85. The second kappa shape index (κ2) is 8.86. The van der Waals surface area contributed by atoms with Gasteiger partial charge in [0.2, 0.25) is 0 Å². The number of aliphatic imine (C=N–C) groups is 1. The predicted octanol–water partition coefficient (Wildman–Crippen LogP) is 2.26. The second-order valence-electron chi connectivity index (χ2n) is 5.38. The first kappa shape index (κ1) is 16.9. The van der Waals surface area contributed by atoms with E-state index < -0.39 is 0 Å². The van der Waals surface area contributed by atoms with Crippen molar-refractivity contribution in [2.45, 2.75) is 6.42 Å². The Morgan fingerprint density at radius 1 is 1.45 bits per heavy atom. The fourth-order valence-corrected chi connectivity index (χ4v) is 2.43. The molecule has 1 aromatic carbocycles. The summed E-state index contributed by atoms with van der Waals surface area (Å²) in [6, 6.07) is 7.39. The molecule has 5 nitrogen and oxygen atoms in total. The van der Waals surface area contributed by atoms with E-state index in [4.69, 9.17) is 21.1 Å². The first-order chi connectivity index (χ1) is 10.7. The highest BCUT2D eigenvalue weighted by molar-refractivity contribution is 6.30. The van der Waals surface area contributed by atoms with Crippen LogP contribution in [-0.2, 0) is 4.74 Å². The molecule has 122 valence electrons. The van der Waals surface area contributed by atoms with E-state index in [2.05, 4.69) is 15.2 Å². The van der Waals surface area contributed by atoms with E-state index in [-0.39, 0.29) is 0 Å². The lowest BCUT2D eigenvalue weighted by Gasteiger charge is -2.23. The van der Waals surface area contributed by atoms with Crippen molar-refractivity contribution in [2.75, 3.05) is 47.0 Å². The number of halogens is 1. The van der Waals surface area contributed by atoms with Gasteiger partial charge in [-0.25, -0.2) is 0 Å². The first-order valence-corrected chi connectivity index (χ1v) is 7.94. The van der Waals surface area contributed by atoms with Gasteiger partial charge in [-0.3, -0.25) is 4.99 Å². The standard InChI is InChI=1S/C16H24ClN3O2/c1-18-16(19-11-13-7-9-21-12-13)20(2)8-10-22-15-5-3-14(17)4-6-15/h3-6,13H,7-12H2,1-2H3,(H,18,19)/t13-/m0/s1. The van der Waals surface area contributed by atoms with Crippen LogP contribution >= 0.6 is 11.6 Å². The van der Waals surface area contributed by atoms with Gasteiger partial charge >= 0.3 is 0 Å². The Bertz CT molecular complexity index is 473. The molecule has 0 aromatic heterocycles. The zero-order chi connectivity index (χ0) is 15.8. The minimum Gasteiger partial charge on any atom is -0.492 e. The van der Waals surface area contributed by atoms with E-state index in [1.54, 1.807) is 7.05 Å². The Hall–Kier alpha value is -1.46. The van der Waals surface area contributed by atoms with Gasteiger partial charge in [0.05, 0.1) is 13.2 Å². The molecule has 1 aromatic rings. The van der Waals surface area contributed by atoms with Crippen LogP contribution in [0.4, 0.5) is 0 Å². The van der Waals surface area contributed by atoms with Crippen molar-refractivity contribution in [3.05, 3.63) is 29.3 Å². The van der Waals surface area contributed by atoms with Crippen molar-refractivity contribution in [3.63, 3.8) is 0 Å². The SMILES string of the molecule is CN=C(NC[C@@H]1CCOC1)N(C)CCOc1ccc(Cl)cc1. The van der Waals surface area contributed by atoms with Crippen molar-refractivity contribution < 1.29 is 9.47 Å². The average Bonchev–Trinajstić information content (AvgIpc) is 3.03. The number of likely N-dealkylation sites (N-methyl/N-ethyl adjacent to an activating group) is 1. The third-order valence-electron chi connectivity index (χ3n) is 3.66. The highest BCUT2D eigenvalue weighted by Gasteiger charge is 2.16. The number of ether oxygens (including phenoxy) is 2. The summed E-state index contributed by atoms with van der Waals surface area (Å²) >= 11 is 5.85. The number of rotatable bonds is 6. The first-order valence-electron chi connectivity index (χ1n) is 7.57. The Kier molecular flexibility index (Phi) is 6.80. The number of nitrogens with one attached hydrogen (secondary N) is 1. The summed E-state index contributed by atoms with van der Waals surface area (Å²) in [6.45, 7) is 3.95. The molecule has 1 N–H and O–H groups in total. The van der Waals surface area contributed by atoms with Crippen LogP contribution in [0.5, 0.6) is 5.75 Å². The molecule has 0 spiro atoms. The minimum absolute atomic E-state index is 0.579. The molecule has 1 saturated heterocycles. The Morgan fingerprint density at radius 3 is 2.86 bits per heavy atom. The summed E-state index contributed by atoms with van der Waals surface area (Å²) in [5, 5.41) is 4.10. The lowest BCUT2D eigenvalue weighted by molar-refractivity contribution is 0.186. The summed E-state index contributed by atoms with van der Waals surface area (Å²) in [7, 11) is 3.80. The van der Waals surface area contributed by atoms with E-state index in [1.807, 2.05) is 31.3 Å². The molecule has 2 rings (SSSR count). The minimum atomic E-state index is 0.579. The Labute approximate surface area is 137 Å². The monoisotopic (exact) mass is 325 g/mol. The van der Waals surface area contributed by atoms with Crippen LogP contribution < -0.4 is 10.1 Å². The number of guanidine groups is 1. The van der Waals surface area contributed by atoms with Crippen LogP contribution in [-0.4, -0.2) is 57.9 Å². The lowest BCUT2D eigenvalue weighted by atomic mass is 10.1. The van der Waals surface area contributed by atoms with Crippen molar-refractivity contribution in [3.8, 4) is 5.75 Å². The van der Waals surface area contributed by atoms with E-state index in [1.165, 1.54) is 0 Å². The van der Waals surface area contributed by atoms with Gasteiger partial charge in [0, 0.05) is 38.2 Å². The normalized spacial score (nSPS) is 18.3. The van der Waals surface area contributed by atoms with Crippen LogP contribution in [0.25, 0.3) is 0 Å².